The van der Waals surface area contributed by atoms with Gasteiger partial charge in [0.05, 0.1) is 21.3 Å². The molecule has 156 valence electrons. The van der Waals surface area contributed by atoms with Gasteiger partial charge in [-0.1, -0.05) is 48.5 Å². The topological polar surface area (TPSA) is 60.9 Å². The standard InChI is InChI=1S/C23H23Cl2N3OS/c1-14-21(23(26)29)27-28(19-11-8-16(24)13-18(19)25)22(14)20-12-10-17(30-20)9-7-15-5-3-2-4-6-15/h7-13,15H,2-6H2,1H3,(H2,26,29). The van der Waals surface area contributed by atoms with Crippen molar-refractivity contribution in [2.75, 3.05) is 0 Å². The van der Waals surface area contributed by atoms with E-state index in [0.717, 1.165) is 16.1 Å². The molecule has 0 atom stereocenters. The number of hydrogen-bond donors (Lipinski definition) is 1. The van der Waals surface area contributed by atoms with Crippen molar-refractivity contribution in [3.05, 3.63) is 62.6 Å². The van der Waals surface area contributed by atoms with Crippen LogP contribution in [0.15, 0.2) is 36.4 Å². The van der Waals surface area contributed by atoms with Gasteiger partial charge in [-0.15, -0.1) is 11.3 Å². The molecule has 2 heterocycles. The van der Waals surface area contributed by atoms with Gasteiger partial charge in [-0.3, -0.25) is 4.79 Å². The first-order valence-corrected chi connectivity index (χ1v) is 11.6. The predicted molar refractivity (Wildman–Crippen MR) is 126 cm³/mol. The van der Waals surface area contributed by atoms with E-state index in [1.165, 1.54) is 37.0 Å². The molecule has 0 spiro atoms. The third kappa shape index (κ3) is 4.34. The summed E-state index contributed by atoms with van der Waals surface area (Å²) in [4.78, 5) is 14.1. The van der Waals surface area contributed by atoms with Gasteiger partial charge in [-0.2, -0.15) is 5.10 Å². The molecule has 4 nitrogen and oxygen atoms in total. The highest BCUT2D eigenvalue weighted by molar-refractivity contribution is 7.16. The minimum absolute atomic E-state index is 0.240. The molecule has 1 aliphatic rings. The Labute approximate surface area is 190 Å². The Kier molecular flexibility index (Phi) is 6.32. The maximum absolute atomic E-state index is 12.0. The summed E-state index contributed by atoms with van der Waals surface area (Å²) in [5.74, 6) is 0.109. The van der Waals surface area contributed by atoms with Crippen LogP contribution in [-0.4, -0.2) is 15.7 Å². The third-order valence-electron chi connectivity index (χ3n) is 5.54. The van der Waals surface area contributed by atoms with E-state index in [0.29, 0.717) is 21.7 Å². The van der Waals surface area contributed by atoms with Crippen LogP contribution in [-0.2, 0) is 0 Å². The van der Waals surface area contributed by atoms with Crippen LogP contribution < -0.4 is 5.73 Å². The van der Waals surface area contributed by atoms with Gasteiger partial charge >= 0.3 is 0 Å². The van der Waals surface area contributed by atoms with E-state index in [9.17, 15) is 4.79 Å². The maximum atomic E-state index is 12.0. The minimum atomic E-state index is -0.563. The van der Waals surface area contributed by atoms with Gasteiger partial charge in [0.1, 0.15) is 0 Å². The lowest BCUT2D eigenvalue weighted by Crippen LogP contribution is -2.13. The average molecular weight is 460 g/mol. The van der Waals surface area contributed by atoms with E-state index in [2.05, 4.69) is 29.4 Å². The number of nitrogens with zero attached hydrogens (tertiary/aromatic N) is 2. The molecule has 0 saturated heterocycles. The second-order valence-corrected chi connectivity index (χ2v) is 9.61. The lowest BCUT2D eigenvalue weighted by atomic mass is 9.89. The normalized spacial score (nSPS) is 15.2. The lowest BCUT2D eigenvalue weighted by molar-refractivity contribution is 0.0994. The summed E-state index contributed by atoms with van der Waals surface area (Å²) in [6, 6.07) is 9.36. The van der Waals surface area contributed by atoms with Crippen LogP contribution in [0.5, 0.6) is 0 Å². The smallest absolute Gasteiger partial charge is 0.269 e. The van der Waals surface area contributed by atoms with Crippen LogP contribution in [0.3, 0.4) is 0 Å². The van der Waals surface area contributed by atoms with E-state index in [4.69, 9.17) is 28.9 Å². The fourth-order valence-electron chi connectivity index (χ4n) is 3.97. The van der Waals surface area contributed by atoms with Crippen molar-refractivity contribution in [2.24, 2.45) is 11.7 Å². The van der Waals surface area contributed by atoms with Crippen LogP contribution >= 0.6 is 34.5 Å². The molecule has 3 aromatic rings. The van der Waals surface area contributed by atoms with E-state index < -0.39 is 5.91 Å². The molecule has 4 rings (SSSR count). The Morgan fingerprint density at radius 3 is 2.67 bits per heavy atom. The first kappa shape index (κ1) is 21.2. The molecule has 2 N–H and O–H groups in total. The number of amides is 1. The highest BCUT2D eigenvalue weighted by atomic mass is 35.5. The number of hydrogen-bond acceptors (Lipinski definition) is 3. The van der Waals surface area contributed by atoms with Crippen molar-refractivity contribution in [2.45, 2.75) is 39.0 Å². The van der Waals surface area contributed by atoms with Gasteiger partial charge in [0.2, 0.25) is 0 Å². The average Bonchev–Trinajstić information content (AvgIpc) is 3.31. The Balaban J connectivity index is 1.74. The number of allylic oxidation sites excluding steroid dienone is 1. The summed E-state index contributed by atoms with van der Waals surface area (Å²) in [6.07, 6.45) is 11.1. The third-order valence-corrected chi connectivity index (χ3v) is 7.13. The zero-order valence-corrected chi connectivity index (χ0v) is 19.0. The number of primary amides is 1. The number of nitrogens with two attached hydrogens (primary N) is 1. The molecular formula is C23H23Cl2N3OS. The van der Waals surface area contributed by atoms with Gasteiger partial charge < -0.3 is 5.73 Å². The molecular weight excluding hydrogens is 437 g/mol. The van der Waals surface area contributed by atoms with Crippen molar-refractivity contribution < 1.29 is 4.79 Å². The van der Waals surface area contributed by atoms with Crippen molar-refractivity contribution in [3.8, 4) is 16.3 Å². The number of aromatic nitrogens is 2. The second kappa shape index (κ2) is 8.96. The number of thiophene rings is 1. The van der Waals surface area contributed by atoms with Crippen molar-refractivity contribution in [1.29, 1.82) is 0 Å². The van der Waals surface area contributed by atoms with Crippen molar-refractivity contribution in [3.63, 3.8) is 0 Å². The van der Waals surface area contributed by atoms with Crippen LogP contribution in [0.25, 0.3) is 22.3 Å². The van der Waals surface area contributed by atoms with E-state index in [1.54, 1.807) is 34.2 Å². The molecule has 0 aliphatic heterocycles. The Hall–Kier alpha value is -2.08. The van der Waals surface area contributed by atoms with E-state index >= 15 is 0 Å². The lowest BCUT2D eigenvalue weighted by Gasteiger charge is -2.17. The zero-order valence-electron chi connectivity index (χ0n) is 16.7. The number of halogens is 2. The molecule has 1 aromatic carbocycles. The number of carbonyl (C=O) groups excluding carboxylic acids is 1. The number of rotatable bonds is 5. The summed E-state index contributed by atoms with van der Waals surface area (Å²) in [5, 5.41) is 5.47. The van der Waals surface area contributed by atoms with Crippen LogP contribution in [0.4, 0.5) is 0 Å². The quantitative estimate of drug-likeness (QED) is 0.450. The van der Waals surface area contributed by atoms with Crippen molar-refractivity contribution >= 4 is 46.5 Å². The first-order valence-electron chi connectivity index (χ1n) is 10.1. The Bertz CT molecular complexity index is 1110. The molecule has 30 heavy (non-hydrogen) atoms. The first-order chi connectivity index (χ1) is 14.4. The van der Waals surface area contributed by atoms with Gasteiger partial charge in [-0.05, 0) is 62.1 Å². The maximum Gasteiger partial charge on any atom is 0.269 e. The SMILES string of the molecule is Cc1c(C(N)=O)nn(-c2ccc(Cl)cc2Cl)c1-c1ccc(C=CC2CCCCC2)s1. The molecule has 7 heteroatoms. The largest absolute Gasteiger partial charge is 0.364 e. The van der Waals surface area contributed by atoms with E-state index in [-0.39, 0.29) is 5.69 Å². The number of benzene rings is 1. The number of carbonyl (C=O) groups is 1. The Morgan fingerprint density at radius 2 is 1.97 bits per heavy atom. The monoisotopic (exact) mass is 459 g/mol. The molecule has 0 unspecified atom stereocenters. The fourth-order valence-corrected chi connectivity index (χ4v) is 5.47. The summed E-state index contributed by atoms with van der Waals surface area (Å²) in [7, 11) is 0. The molecule has 1 saturated carbocycles. The van der Waals surface area contributed by atoms with Gasteiger partial charge in [-0.25, -0.2) is 4.68 Å². The van der Waals surface area contributed by atoms with Gasteiger partial charge in [0.15, 0.2) is 5.69 Å². The highest BCUT2D eigenvalue weighted by Gasteiger charge is 2.22. The van der Waals surface area contributed by atoms with Gasteiger partial charge in [0.25, 0.3) is 5.91 Å². The van der Waals surface area contributed by atoms with Crippen LogP contribution in [0.1, 0.15) is 53.0 Å². The summed E-state index contributed by atoms with van der Waals surface area (Å²) in [6.45, 7) is 1.86. The van der Waals surface area contributed by atoms with E-state index in [1.807, 2.05) is 6.92 Å². The molecule has 0 radical (unpaired) electrons. The molecule has 0 bridgehead atoms. The second-order valence-electron chi connectivity index (χ2n) is 7.65. The summed E-state index contributed by atoms with van der Waals surface area (Å²) < 4.78 is 1.69. The fraction of sp³-hybridized carbons (Fsp3) is 0.304. The zero-order chi connectivity index (χ0) is 21.3. The van der Waals surface area contributed by atoms with Crippen molar-refractivity contribution in [1.82, 2.24) is 9.78 Å². The predicted octanol–water partition coefficient (Wildman–Crippen LogP) is 6.91. The molecule has 1 fully saturated rings. The van der Waals surface area contributed by atoms with Crippen LogP contribution in [0.2, 0.25) is 10.0 Å². The Morgan fingerprint density at radius 1 is 1.20 bits per heavy atom. The minimum Gasteiger partial charge on any atom is -0.364 e. The molecule has 1 amide bonds. The molecule has 2 aromatic heterocycles. The summed E-state index contributed by atoms with van der Waals surface area (Å²) >= 11 is 14.2. The van der Waals surface area contributed by atoms with Crippen LogP contribution in [0, 0.1) is 12.8 Å². The highest BCUT2D eigenvalue weighted by Crippen LogP contribution is 2.36. The van der Waals surface area contributed by atoms with Gasteiger partial charge in [0, 0.05) is 15.5 Å². The molecule has 1 aliphatic carbocycles. The summed E-state index contributed by atoms with van der Waals surface area (Å²) in [5.41, 5.74) is 8.02.